The van der Waals surface area contributed by atoms with Crippen molar-refractivity contribution in [3.63, 3.8) is 0 Å². The first-order valence-corrected chi connectivity index (χ1v) is 8.36. The number of nitriles is 1. The fourth-order valence-electron chi connectivity index (χ4n) is 1.85. The number of sulfonamides is 1. The molecule has 1 aromatic rings. The van der Waals surface area contributed by atoms with E-state index in [1.807, 2.05) is 6.07 Å². The highest BCUT2D eigenvalue weighted by Crippen LogP contribution is 2.19. The van der Waals surface area contributed by atoms with Crippen LogP contribution in [0.5, 0.6) is 0 Å². The van der Waals surface area contributed by atoms with Crippen molar-refractivity contribution >= 4 is 21.8 Å². The molecule has 1 N–H and O–H groups in total. The zero-order valence-corrected chi connectivity index (χ0v) is 11.4. The maximum atomic E-state index is 12.1. The molecule has 1 aliphatic rings. The Balaban J connectivity index is 2.17. The Labute approximate surface area is 111 Å². The number of benzene rings is 1. The fourth-order valence-corrected chi connectivity index (χ4v) is 4.35. The second-order valence-corrected chi connectivity index (χ2v) is 7.04. The Hall–Kier alpha value is -1.03. The second kappa shape index (κ2) is 5.74. The summed E-state index contributed by atoms with van der Waals surface area (Å²) in [7, 11) is -3.51. The van der Waals surface area contributed by atoms with Crippen LogP contribution in [0.2, 0.25) is 0 Å². The largest absolute Gasteiger partial charge is 0.240 e. The van der Waals surface area contributed by atoms with Crippen LogP contribution in [0.1, 0.15) is 18.4 Å². The van der Waals surface area contributed by atoms with Gasteiger partial charge in [0.1, 0.15) is 0 Å². The number of nitrogens with one attached hydrogen (secondary N) is 1. The van der Waals surface area contributed by atoms with E-state index >= 15 is 0 Å². The highest BCUT2D eigenvalue weighted by molar-refractivity contribution is 7.99. The van der Waals surface area contributed by atoms with Crippen LogP contribution < -0.4 is 4.72 Å². The van der Waals surface area contributed by atoms with E-state index in [2.05, 4.69) is 4.72 Å². The van der Waals surface area contributed by atoms with Gasteiger partial charge in [-0.1, -0.05) is 6.07 Å². The second-order valence-electron chi connectivity index (χ2n) is 4.17. The van der Waals surface area contributed by atoms with E-state index in [0.29, 0.717) is 5.56 Å². The van der Waals surface area contributed by atoms with Crippen LogP contribution in [-0.2, 0) is 10.0 Å². The lowest BCUT2D eigenvalue weighted by Gasteiger charge is -2.22. The van der Waals surface area contributed by atoms with Crippen LogP contribution in [-0.4, -0.2) is 26.0 Å². The Morgan fingerprint density at radius 1 is 1.44 bits per heavy atom. The molecule has 0 aromatic heterocycles. The van der Waals surface area contributed by atoms with Crippen molar-refractivity contribution in [3.8, 4) is 6.07 Å². The molecule has 6 heteroatoms. The van der Waals surface area contributed by atoms with E-state index in [1.54, 1.807) is 23.9 Å². The van der Waals surface area contributed by atoms with Crippen LogP contribution in [0.4, 0.5) is 0 Å². The van der Waals surface area contributed by atoms with E-state index in [4.69, 9.17) is 5.26 Å². The Morgan fingerprint density at radius 2 is 2.28 bits per heavy atom. The highest BCUT2D eigenvalue weighted by atomic mass is 32.2. The van der Waals surface area contributed by atoms with Crippen LogP contribution >= 0.6 is 11.8 Å². The summed E-state index contributed by atoms with van der Waals surface area (Å²) in [6, 6.07) is 8.04. The van der Waals surface area contributed by atoms with Crippen molar-refractivity contribution in [2.75, 3.05) is 11.5 Å². The topological polar surface area (TPSA) is 70.0 Å². The number of nitrogens with zero attached hydrogens (tertiary/aromatic N) is 1. The summed E-state index contributed by atoms with van der Waals surface area (Å²) < 4.78 is 27.0. The zero-order chi connectivity index (χ0) is 13.0. The van der Waals surface area contributed by atoms with E-state index in [1.165, 1.54) is 12.1 Å². The van der Waals surface area contributed by atoms with Gasteiger partial charge in [-0.25, -0.2) is 13.1 Å². The molecule has 0 aliphatic carbocycles. The molecule has 96 valence electrons. The Morgan fingerprint density at radius 3 is 2.94 bits per heavy atom. The van der Waals surface area contributed by atoms with Crippen molar-refractivity contribution in [1.82, 2.24) is 4.72 Å². The minimum Gasteiger partial charge on any atom is -0.207 e. The summed E-state index contributed by atoms with van der Waals surface area (Å²) in [4.78, 5) is 0.164. The lowest BCUT2D eigenvalue weighted by atomic mass is 10.2. The minimum absolute atomic E-state index is 0.000471. The normalized spacial score (nSPS) is 20.3. The van der Waals surface area contributed by atoms with Gasteiger partial charge in [0.25, 0.3) is 0 Å². The quantitative estimate of drug-likeness (QED) is 0.916. The third kappa shape index (κ3) is 3.25. The van der Waals surface area contributed by atoms with Gasteiger partial charge >= 0.3 is 0 Å². The van der Waals surface area contributed by atoms with Crippen molar-refractivity contribution < 1.29 is 8.42 Å². The predicted octanol–water partition coefficient (Wildman–Crippen LogP) is 1.73. The fraction of sp³-hybridized carbons (Fsp3) is 0.417. The van der Waals surface area contributed by atoms with Crippen molar-refractivity contribution in [3.05, 3.63) is 29.8 Å². The minimum atomic E-state index is -3.51. The van der Waals surface area contributed by atoms with Gasteiger partial charge in [-0.15, -0.1) is 0 Å². The molecule has 18 heavy (non-hydrogen) atoms. The molecule has 1 saturated heterocycles. The molecule has 0 bridgehead atoms. The van der Waals surface area contributed by atoms with Gasteiger partial charge in [0.15, 0.2) is 0 Å². The summed E-state index contributed by atoms with van der Waals surface area (Å²) >= 11 is 1.77. The first kappa shape index (κ1) is 13.4. The lowest BCUT2D eigenvalue weighted by molar-refractivity contribution is 0.543. The molecule has 2 rings (SSSR count). The predicted molar refractivity (Wildman–Crippen MR) is 71.8 cm³/mol. The summed E-state index contributed by atoms with van der Waals surface area (Å²) in [6.45, 7) is 0. The SMILES string of the molecule is N#Cc1cccc(S(=O)(=O)N[C@H]2CCCSC2)c1. The van der Waals surface area contributed by atoms with Crippen LogP contribution in [0.3, 0.4) is 0 Å². The van der Waals surface area contributed by atoms with E-state index < -0.39 is 10.0 Å². The molecule has 0 saturated carbocycles. The number of thioether (sulfide) groups is 1. The molecule has 0 spiro atoms. The third-order valence-corrected chi connectivity index (χ3v) is 5.49. The molecule has 1 heterocycles. The van der Waals surface area contributed by atoms with Crippen LogP contribution in [0.15, 0.2) is 29.2 Å². The van der Waals surface area contributed by atoms with Crippen LogP contribution in [0, 0.1) is 11.3 Å². The highest BCUT2D eigenvalue weighted by Gasteiger charge is 2.22. The van der Waals surface area contributed by atoms with E-state index in [0.717, 1.165) is 24.3 Å². The van der Waals surface area contributed by atoms with Gasteiger partial charge in [0, 0.05) is 11.8 Å². The molecule has 0 unspecified atom stereocenters. The molecule has 0 radical (unpaired) electrons. The molecule has 1 atom stereocenters. The molecule has 1 aliphatic heterocycles. The summed E-state index contributed by atoms with van der Waals surface area (Å²) in [6.07, 6.45) is 1.92. The van der Waals surface area contributed by atoms with Gasteiger partial charge in [0.05, 0.1) is 16.5 Å². The monoisotopic (exact) mass is 282 g/mol. The molecule has 1 fully saturated rings. The maximum Gasteiger partial charge on any atom is 0.240 e. The van der Waals surface area contributed by atoms with Crippen LogP contribution in [0.25, 0.3) is 0 Å². The standard InChI is InChI=1S/C12H14N2O2S2/c13-8-10-3-1-5-12(7-10)18(15,16)14-11-4-2-6-17-9-11/h1,3,5,7,11,14H,2,4,6,9H2/t11-/m0/s1. The third-order valence-electron chi connectivity index (χ3n) is 2.76. The molecule has 0 amide bonds. The zero-order valence-electron chi connectivity index (χ0n) is 9.80. The summed E-state index contributed by atoms with van der Waals surface area (Å²) in [5.74, 6) is 1.92. The van der Waals surface area contributed by atoms with E-state index in [9.17, 15) is 8.42 Å². The van der Waals surface area contributed by atoms with Crippen molar-refractivity contribution in [2.45, 2.75) is 23.8 Å². The van der Waals surface area contributed by atoms with E-state index in [-0.39, 0.29) is 10.9 Å². The maximum absolute atomic E-state index is 12.1. The lowest BCUT2D eigenvalue weighted by Crippen LogP contribution is -2.38. The molecular formula is C12H14N2O2S2. The van der Waals surface area contributed by atoms with Gasteiger partial charge < -0.3 is 0 Å². The number of hydrogen-bond donors (Lipinski definition) is 1. The van der Waals surface area contributed by atoms with Crippen molar-refractivity contribution in [1.29, 1.82) is 5.26 Å². The first-order valence-electron chi connectivity index (χ1n) is 5.72. The Kier molecular flexibility index (Phi) is 4.27. The number of hydrogen-bond acceptors (Lipinski definition) is 4. The molecule has 1 aromatic carbocycles. The summed E-state index contributed by atoms with van der Waals surface area (Å²) in [5.41, 5.74) is 0.357. The van der Waals surface area contributed by atoms with Gasteiger partial charge in [-0.05, 0) is 36.8 Å². The Bertz CT molecular complexity index is 558. The van der Waals surface area contributed by atoms with Gasteiger partial charge in [0.2, 0.25) is 10.0 Å². The van der Waals surface area contributed by atoms with Gasteiger partial charge in [-0.3, -0.25) is 0 Å². The average Bonchev–Trinajstić information content (AvgIpc) is 2.39. The smallest absolute Gasteiger partial charge is 0.207 e. The average molecular weight is 282 g/mol. The molecular weight excluding hydrogens is 268 g/mol. The first-order chi connectivity index (χ1) is 8.62. The number of rotatable bonds is 3. The molecule has 4 nitrogen and oxygen atoms in total. The van der Waals surface area contributed by atoms with Crippen molar-refractivity contribution in [2.24, 2.45) is 0 Å². The summed E-state index contributed by atoms with van der Waals surface area (Å²) in [5, 5.41) is 8.78. The van der Waals surface area contributed by atoms with Gasteiger partial charge in [-0.2, -0.15) is 17.0 Å².